The van der Waals surface area contributed by atoms with Gasteiger partial charge in [0.1, 0.15) is 5.82 Å². The predicted octanol–water partition coefficient (Wildman–Crippen LogP) is 2.62. The molecule has 6 heteroatoms. The highest BCUT2D eigenvalue weighted by molar-refractivity contribution is 7.91. The molecule has 1 unspecified atom stereocenters. The predicted molar refractivity (Wildman–Crippen MR) is 80.9 cm³/mol. The lowest BCUT2D eigenvalue weighted by molar-refractivity contribution is 0.367. The molecule has 0 bridgehead atoms. The van der Waals surface area contributed by atoms with Crippen molar-refractivity contribution in [1.82, 2.24) is 9.55 Å². The molecule has 1 fully saturated rings. The maximum atomic E-state index is 11.9. The van der Waals surface area contributed by atoms with Crippen molar-refractivity contribution in [3.05, 3.63) is 29.6 Å². The summed E-state index contributed by atoms with van der Waals surface area (Å²) in [6.07, 6.45) is 0.610. The summed E-state index contributed by atoms with van der Waals surface area (Å²) in [5.41, 5.74) is 2.53. The van der Waals surface area contributed by atoms with Gasteiger partial charge in [-0.2, -0.15) is 0 Å². The molecule has 0 radical (unpaired) electrons. The van der Waals surface area contributed by atoms with Crippen molar-refractivity contribution < 1.29 is 8.42 Å². The molecule has 20 heavy (non-hydrogen) atoms. The highest BCUT2D eigenvalue weighted by Crippen LogP contribution is 2.35. The number of sulfone groups is 1. The fraction of sp³-hybridized carbons (Fsp3) is 0.500. The first kappa shape index (κ1) is 13.9. The molecule has 1 aliphatic heterocycles. The number of aryl methyl sites for hydroxylation is 1. The number of fused-ring (bicyclic) bond motifs is 1. The summed E-state index contributed by atoms with van der Waals surface area (Å²) in [5, 5.41) is 0. The van der Waals surface area contributed by atoms with Crippen LogP contribution in [0.2, 0.25) is 0 Å². The number of benzene rings is 1. The van der Waals surface area contributed by atoms with Gasteiger partial charge in [-0.3, -0.25) is 0 Å². The zero-order valence-electron chi connectivity index (χ0n) is 11.6. The largest absolute Gasteiger partial charge is 0.320 e. The average molecular weight is 313 g/mol. The molecule has 0 aliphatic carbocycles. The molecule has 3 rings (SSSR count). The minimum absolute atomic E-state index is 0.156. The van der Waals surface area contributed by atoms with Crippen LogP contribution in [0.3, 0.4) is 0 Å². The molecule has 2 aromatic rings. The van der Waals surface area contributed by atoms with Crippen molar-refractivity contribution in [2.24, 2.45) is 0 Å². The molecule has 2 heterocycles. The zero-order valence-corrected chi connectivity index (χ0v) is 13.1. The Balaban J connectivity index is 2.25. The molecule has 0 spiro atoms. The van der Waals surface area contributed by atoms with Gasteiger partial charge in [0.2, 0.25) is 0 Å². The minimum atomic E-state index is -2.97. The van der Waals surface area contributed by atoms with E-state index in [0.717, 1.165) is 22.4 Å². The van der Waals surface area contributed by atoms with E-state index in [4.69, 9.17) is 11.6 Å². The summed E-state index contributed by atoms with van der Waals surface area (Å²) >= 11 is 6.02. The van der Waals surface area contributed by atoms with E-state index in [1.807, 2.05) is 36.6 Å². The third-order valence-corrected chi connectivity index (χ3v) is 6.15. The second kappa shape index (κ2) is 4.46. The Hall–Kier alpha value is -1.07. The van der Waals surface area contributed by atoms with E-state index in [1.54, 1.807) is 0 Å². The first-order chi connectivity index (χ1) is 9.35. The van der Waals surface area contributed by atoms with Crippen LogP contribution in [-0.4, -0.2) is 29.5 Å². The lowest BCUT2D eigenvalue weighted by Gasteiger charge is -2.27. The summed E-state index contributed by atoms with van der Waals surface area (Å²) < 4.78 is 25.8. The number of nitrogens with zero attached hydrogens (tertiary/aromatic N) is 2. The summed E-state index contributed by atoms with van der Waals surface area (Å²) in [6, 6.07) is 6.03. The second-order valence-electron chi connectivity index (χ2n) is 5.83. The Bertz CT molecular complexity index is 782. The van der Waals surface area contributed by atoms with Crippen LogP contribution in [0, 0.1) is 6.92 Å². The van der Waals surface area contributed by atoms with Gasteiger partial charge in [-0.1, -0.05) is 6.07 Å². The first-order valence-electron chi connectivity index (χ1n) is 6.59. The Labute approximate surface area is 123 Å². The summed E-state index contributed by atoms with van der Waals surface area (Å²) in [6.45, 7) is 4.00. The van der Waals surface area contributed by atoms with Gasteiger partial charge < -0.3 is 4.57 Å². The number of imidazole rings is 1. The highest BCUT2D eigenvalue weighted by atomic mass is 35.5. The maximum absolute atomic E-state index is 11.9. The second-order valence-corrected chi connectivity index (χ2v) is 8.28. The molecule has 0 N–H and O–H groups in total. The van der Waals surface area contributed by atoms with Gasteiger partial charge in [-0.15, -0.1) is 11.6 Å². The number of halogens is 1. The van der Waals surface area contributed by atoms with Crippen LogP contribution in [-0.2, 0) is 21.3 Å². The fourth-order valence-corrected chi connectivity index (χ4v) is 5.40. The van der Waals surface area contributed by atoms with Gasteiger partial charge in [0.15, 0.2) is 9.84 Å². The van der Waals surface area contributed by atoms with Crippen molar-refractivity contribution >= 4 is 32.5 Å². The molecule has 1 atom stereocenters. The summed E-state index contributed by atoms with van der Waals surface area (Å²) in [4.78, 5) is 4.57. The molecule has 4 nitrogen and oxygen atoms in total. The molecular weight excluding hydrogens is 296 g/mol. The Kier molecular flexibility index (Phi) is 3.10. The van der Waals surface area contributed by atoms with E-state index in [-0.39, 0.29) is 17.4 Å². The Morgan fingerprint density at radius 2 is 2.20 bits per heavy atom. The number of hydrogen-bond acceptors (Lipinski definition) is 3. The normalized spacial score (nSPS) is 25.4. The van der Waals surface area contributed by atoms with Crippen LogP contribution in [0.4, 0.5) is 0 Å². The molecule has 108 valence electrons. The number of aromatic nitrogens is 2. The monoisotopic (exact) mass is 312 g/mol. The molecule has 1 aliphatic rings. The summed E-state index contributed by atoms with van der Waals surface area (Å²) in [5.74, 6) is 1.41. The van der Waals surface area contributed by atoms with Crippen LogP contribution in [0.15, 0.2) is 18.2 Å². The van der Waals surface area contributed by atoms with E-state index in [2.05, 4.69) is 4.98 Å². The van der Waals surface area contributed by atoms with E-state index in [0.29, 0.717) is 6.42 Å². The zero-order chi connectivity index (χ0) is 14.5. The van der Waals surface area contributed by atoms with E-state index in [9.17, 15) is 8.42 Å². The van der Waals surface area contributed by atoms with Crippen molar-refractivity contribution in [1.29, 1.82) is 0 Å². The van der Waals surface area contributed by atoms with Gasteiger partial charge >= 0.3 is 0 Å². The first-order valence-corrected chi connectivity index (χ1v) is 8.95. The van der Waals surface area contributed by atoms with Crippen LogP contribution in [0.5, 0.6) is 0 Å². The van der Waals surface area contributed by atoms with Gasteiger partial charge in [-0.25, -0.2) is 13.4 Å². The maximum Gasteiger partial charge on any atom is 0.152 e. The van der Waals surface area contributed by atoms with Gasteiger partial charge in [-0.05, 0) is 38.0 Å². The van der Waals surface area contributed by atoms with Crippen LogP contribution >= 0.6 is 11.6 Å². The van der Waals surface area contributed by atoms with Gasteiger partial charge in [0.05, 0.1) is 34.0 Å². The van der Waals surface area contributed by atoms with Crippen LogP contribution < -0.4 is 0 Å². The van der Waals surface area contributed by atoms with E-state index in [1.165, 1.54) is 0 Å². The molecule has 1 aromatic heterocycles. The van der Waals surface area contributed by atoms with Crippen molar-refractivity contribution in [3.63, 3.8) is 0 Å². The van der Waals surface area contributed by atoms with Gasteiger partial charge in [0, 0.05) is 0 Å². The van der Waals surface area contributed by atoms with E-state index < -0.39 is 15.4 Å². The lowest BCUT2D eigenvalue weighted by atomic mass is 10.0. The molecular formula is C14H17ClN2O2S. The van der Waals surface area contributed by atoms with Crippen LogP contribution in [0.25, 0.3) is 11.0 Å². The fourth-order valence-electron chi connectivity index (χ4n) is 3.10. The Morgan fingerprint density at radius 3 is 2.80 bits per heavy atom. The summed E-state index contributed by atoms with van der Waals surface area (Å²) in [7, 11) is -2.97. The minimum Gasteiger partial charge on any atom is -0.320 e. The third-order valence-electron chi connectivity index (χ3n) is 4.02. The molecule has 1 aromatic carbocycles. The lowest BCUT2D eigenvalue weighted by Crippen LogP contribution is -2.32. The topological polar surface area (TPSA) is 52.0 Å². The molecule has 0 amide bonds. The van der Waals surface area contributed by atoms with Crippen LogP contribution in [0.1, 0.15) is 24.7 Å². The number of rotatable bonds is 2. The molecule has 0 saturated carbocycles. The number of alkyl halides is 1. The standard InChI is InChI=1S/C14H17ClN2O2S/c1-10-3-4-12-11(7-10)16-13(8-15)17(12)14(2)5-6-20(18,19)9-14/h3-4,7H,5-6,8-9H2,1-2H3. The Morgan fingerprint density at radius 1 is 1.45 bits per heavy atom. The smallest absolute Gasteiger partial charge is 0.152 e. The van der Waals surface area contributed by atoms with Crippen molar-refractivity contribution in [2.75, 3.05) is 11.5 Å². The third kappa shape index (κ3) is 2.13. The van der Waals surface area contributed by atoms with Crippen molar-refractivity contribution in [2.45, 2.75) is 31.7 Å². The molecule has 1 saturated heterocycles. The highest BCUT2D eigenvalue weighted by Gasteiger charge is 2.41. The quantitative estimate of drug-likeness (QED) is 0.801. The van der Waals surface area contributed by atoms with Crippen molar-refractivity contribution in [3.8, 4) is 0 Å². The van der Waals surface area contributed by atoms with Gasteiger partial charge in [0.25, 0.3) is 0 Å². The number of hydrogen-bond donors (Lipinski definition) is 0. The van der Waals surface area contributed by atoms with E-state index >= 15 is 0 Å². The SMILES string of the molecule is Cc1ccc2c(c1)nc(CCl)n2C1(C)CCS(=O)(=O)C1. The average Bonchev–Trinajstić information content (AvgIpc) is 2.86.